The van der Waals surface area contributed by atoms with Crippen LogP contribution in [0.2, 0.25) is 0 Å². The van der Waals surface area contributed by atoms with E-state index in [1.165, 1.54) is 19.3 Å². The third kappa shape index (κ3) is 6.86. The number of furan rings is 1. The number of guanidine groups is 1. The number of hydrogen-bond donors (Lipinski definition) is 4. The van der Waals surface area contributed by atoms with Crippen molar-refractivity contribution in [3.8, 4) is 0 Å². The zero-order valence-corrected chi connectivity index (χ0v) is 17.7. The van der Waals surface area contributed by atoms with Crippen molar-refractivity contribution in [3.63, 3.8) is 0 Å². The third-order valence-corrected chi connectivity index (χ3v) is 5.13. The Hall–Kier alpha value is -2.02. The van der Waals surface area contributed by atoms with E-state index in [1.54, 1.807) is 6.92 Å². The number of nitrogens with one attached hydrogen (secondary N) is 3. The van der Waals surface area contributed by atoms with Crippen molar-refractivity contribution in [2.45, 2.75) is 77.9 Å². The van der Waals surface area contributed by atoms with Gasteiger partial charge in [-0.2, -0.15) is 0 Å². The molecule has 1 aliphatic rings. The number of nitrogens with zero attached hydrogens (tertiary/aromatic N) is 1. The molecule has 0 saturated heterocycles. The van der Waals surface area contributed by atoms with Crippen molar-refractivity contribution >= 4 is 11.9 Å². The Morgan fingerprint density at radius 1 is 1.29 bits per heavy atom. The smallest absolute Gasteiger partial charge is 0.221 e. The first-order chi connectivity index (χ1) is 13.3. The molecule has 1 aromatic heterocycles. The van der Waals surface area contributed by atoms with Crippen LogP contribution >= 0.6 is 0 Å². The van der Waals surface area contributed by atoms with E-state index < -0.39 is 5.60 Å². The SMILES string of the molecule is CCNC(=NCC(C)(O)c1cc(C)oc1C)NCCC(=O)NC1CCCCC1. The molecule has 0 radical (unpaired) electrons. The average molecular weight is 393 g/mol. The van der Waals surface area contributed by atoms with E-state index in [-0.39, 0.29) is 12.5 Å². The van der Waals surface area contributed by atoms with Crippen molar-refractivity contribution in [2.75, 3.05) is 19.6 Å². The molecule has 2 rings (SSSR count). The van der Waals surface area contributed by atoms with Gasteiger partial charge in [-0.1, -0.05) is 19.3 Å². The zero-order chi connectivity index (χ0) is 20.6. The summed E-state index contributed by atoms with van der Waals surface area (Å²) in [6.07, 6.45) is 6.26. The van der Waals surface area contributed by atoms with Crippen molar-refractivity contribution in [2.24, 2.45) is 4.99 Å². The van der Waals surface area contributed by atoms with Gasteiger partial charge in [0.25, 0.3) is 0 Å². The molecule has 1 heterocycles. The van der Waals surface area contributed by atoms with Crippen LogP contribution in [-0.4, -0.2) is 42.6 Å². The molecular weight excluding hydrogens is 356 g/mol. The topological polar surface area (TPSA) is 98.9 Å². The van der Waals surface area contributed by atoms with Crippen molar-refractivity contribution < 1.29 is 14.3 Å². The molecule has 28 heavy (non-hydrogen) atoms. The van der Waals surface area contributed by atoms with Gasteiger partial charge in [-0.05, 0) is 46.6 Å². The Morgan fingerprint density at radius 2 is 2.00 bits per heavy atom. The van der Waals surface area contributed by atoms with Gasteiger partial charge >= 0.3 is 0 Å². The lowest BCUT2D eigenvalue weighted by Crippen LogP contribution is -2.42. The van der Waals surface area contributed by atoms with Crippen LogP contribution in [0.1, 0.15) is 69.5 Å². The second-order valence-electron chi connectivity index (χ2n) is 7.88. The summed E-state index contributed by atoms with van der Waals surface area (Å²) in [4.78, 5) is 16.6. The number of hydrogen-bond acceptors (Lipinski definition) is 4. The summed E-state index contributed by atoms with van der Waals surface area (Å²) in [5.41, 5.74) is -0.376. The van der Waals surface area contributed by atoms with Gasteiger partial charge in [0.1, 0.15) is 17.1 Å². The molecule has 7 nitrogen and oxygen atoms in total. The molecule has 1 atom stereocenters. The van der Waals surface area contributed by atoms with E-state index in [0.717, 1.165) is 24.2 Å². The van der Waals surface area contributed by atoms with Gasteiger partial charge in [-0.15, -0.1) is 0 Å². The number of aliphatic imine (C=N–C) groups is 1. The fraction of sp³-hybridized carbons (Fsp3) is 0.714. The van der Waals surface area contributed by atoms with Gasteiger partial charge in [-0.25, -0.2) is 4.99 Å². The van der Waals surface area contributed by atoms with Crippen LogP contribution in [0.4, 0.5) is 0 Å². The summed E-state index contributed by atoms with van der Waals surface area (Å²) >= 11 is 0. The predicted octanol–water partition coefficient (Wildman–Crippen LogP) is 2.50. The van der Waals surface area contributed by atoms with E-state index in [4.69, 9.17) is 4.42 Å². The Balaban J connectivity index is 1.84. The summed E-state index contributed by atoms with van der Waals surface area (Å²) in [5, 5.41) is 20.3. The predicted molar refractivity (Wildman–Crippen MR) is 111 cm³/mol. The van der Waals surface area contributed by atoms with Crippen LogP contribution < -0.4 is 16.0 Å². The highest BCUT2D eigenvalue weighted by atomic mass is 16.3. The second kappa shape index (κ2) is 10.5. The first-order valence-electron chi connectivity index (χ1n) is 10.4. The number of carbonyl (C=O) groups is 1. The molecule has 0 bridgehead atoms. The molecule has 4 N–H and O–H groups in total. The van der Waals surface area contributed by atoms with E-state index >= 15 is 0 Å². The van der Waals surface area contributed by atoms with Crippen molar-refractivity contribution in [1.82, 2.24) is 16.0 Å². The van der Waals surface area contributed by atoms with Crippen LogP contribution in [0.5, 0.6) is 0 Å². The molecule has 1 saturated carbocycles. The molecule has 1 unspecified atom stereocenters. The van der Waals surface area contributed by atoms with Gasteiger partial charge in [0.05, 0.1) is 6.54 Å². The molecule has 1 aromatic rings. The quantitative estimate of drug-likeness (QED) is 0.402. The maximum atomic E-state index is 12.1. The largest absolute Gasteiger partial charge is 0.466 e. The summed E-state index contributed by atoms with van der Waals surface area (Å²) in [6.45, 7) is 8.80. The molecule has 1 aliphatic carbocycles. The van der Waals surface area contributed by atoms with Crippen molar-refractivity contribution in [3.05, 3.63) is 23.2 Å². The van der Waals surface area contributed by atoms with E-state index in [2.05, 4.69) is 20.9 Å². The number of carbonyl (C=O) groups excluding carboxylic acids is 1. The van der Waals surface area contributed by atoms with Gasteiger partial charge in [0.15, 0.2) is 5.96 Å². The molecule has 1 fully saturated rings. The van der Waals surface area contributed by atoms with Crippen LogP contribution in [0.3, 0.4) is 0 Å². The fourth-order valence-corrected chi connectivity index (χ4v) is 3.67. The van der Waals surface area contributed by atoms with Gasteiger partial charge in [-0.3, -0.25) is 4.79 Å². The van der Waals surface area contributed by atoms with Crippen LogP contribution in [0.25, 0.3) is 0 Å². The molecule has 7 heteroatoms. The van der Waals surface area contributed by atoms with E-state index in [1.807, 2.05) is 26.8 Å². The fourth-order valence-electron chi connectivity index (χ4n) is 3.67. The van der Waals surface area contributed by atoms with Crippen molar-refractivity contribution in [1.29, 1.82) is 0 Å². The number of aliphatic hydroxyl groups is 1. The maximum Gasteiger partial charge on any atom is 0.221 e. The zero-order valence-electron chi connectivity index (χ0n) is 17.7. The molecular formula is C21H36N4O3. The first-order valence-corrected chi connectivity index (χ1v) is 10.4. The third-order valence-electron chi connectivity index (χ3n) is 5.13. The Bertz CT molecular complexity index is 661. The lowest BCUT2D eigenvalue weighted by Gasteiger charge is -2.23. The lowest BCUT2D eigenvalue weighted by molar-refractivity contribution is -0.121. The molecule has 158 valence electrons. The minimum atomic E-state index is -1.12. The normalized spacial score (nSPS) is 17.8. The Morgan fingerprint density at radius 3 is 2.61 bits per heavy atom. The highest BCUT2D eigenvalue weighted by Crippen LogP contribution is 2.27. The summed E-state index contributed by atoms with van der Waals surface area (Å²) in [6, 6.07) is 2.18. The summed E-state index contributed by atoms with van der Waals surface area (Å²) in [7, 11) is 0. The monoisotopic (exact) mass is 392 g/mol. The minimum absolute atomic E-state index is 0.0757. The Kier molecular flexibility index (Phi) is 8.35. The summed E-state index contributed by atoms with van der Waals surface area (Å²) in [5.74, 6) is 2.14. The highest BCUT2D eigenvalue weighted by molar-refractivity contribution is 5.81. The van der Waals surface area contributed by atoms with Crippen LogP contribution in [-0.2, 0) is 10.4 Å². The maximum absolute atomic E-state index is 12.1. The number of amides is 1. The summed E-state index contributed by atoms with van der Waals surface area (Å²) < 4.78 is 5.52. The molecule has 0 aromatic carbocycles. The van der Waals surface area contributed by atoms with Crippen LogP contribution in [0, 0.1) is 13.8 Å². The minimum Gasteiger partial charge on any atom is -0.466 e. The first kappa shape index (κ1) is 22.3. The van der Waals surface area contributed by atoms with Gasteiger partial charge in [0.2, 0.25) is 5.91 Å². The van der Waals surface area contributed by atoms with E-state index in [9.17, 15) is 9.90 Å². The highest BCUT2D eigenvalue weighted by Gasteiger charge is 2.27. The van der Waals surface area contributed by atoms with E-state index in [0.29, 0.717) is 37.3 Å². The van der Waals surface area contributed by atoms with Crippen LogP contribution in [0.15, 0.2) is 15.5 Å². The lowest BCUT2D eigenvalue weighted by atomic mass is 9.95. The molecule has 0 aliphatic heterocycles. The number of rotatable bonds is 8. The Labute approximate surface area is 168 Å². The number of aryl methyl sites for hydroxylation is 2. The molecule has 0 spiro atoms. The van der Waals surface area contributed by atoms with Gasteiger partial charge < -0.3 is 25.5 Å². The molecule has 1 amide bonds. The standard InChI is InChI=1S/C21H36N4O3/c1-5-22-20(23-12-11-19(26)25-17-9-7-6-8-10-17)24-14-21(4,27)18-13-15(2)28-16(18)3/h13,17,27H,5-12,14H2,1-4H3,(H,25,26)(H2,22,23,24). The second-order valence-corrected chi connectivity index (χ2v) is 7.88. The van der Waals surface area contributed by atoms with Gasteiger partial charge in [0, 0.05) is 31.1 Å². The average Bonchev–Trinajstić information content (AvgIpc) is 3.00.